The van der Waals surface area contributed by atoms with Gasteiger partial charge in [0.2, 0.25) is 6.41 Å². The van der Waals surface area contributed by atoms with Gasteiger partial charge < -0.3 is 0 Å². The van der Waals surface area contributed by atoms with E-state index in [0.717, 1.165) is 28.4 Å². The van der Waals surface area contributed by atoms with Crippen LogP contribution in [0.4, 0.5) is 13.2 Å². The number of carbonyl (C=O) groups excluding carboxylic acids is 2. The zero-order chi connectivity index (χ0) is 18.6. The summed E-state index contributed by atoms with van der Waals surface area (Å²) in [6, 6.07) is 1.67. The Labute approximate surface area is 147 Å². The van der Waals surface area contributed by atoms with Crippen molar-refractivity contribution in [2.45, 2.75) is 37.9 Å². The molecule has 0 radical (unpaired) electrons. The summed E-state index contributed by atoms with van der Waals surface area (Å²) in [6.45, 7) is 1.18. The third-order valence-electron chi connectivity index (χ3n) is 5.18. The van der Waals surface area contributed by atoms with E-state index in [2.05, 4.69) is 0 Å². The van der Waals surface area contributed by atoms with Crippen molar-refractivity contribution < 1.29 is 22.8 Å². The van der Waals surface area contributed by atoms with Crippen LogP contribution in [0, 0.1) is 22.7 Å². The summed E-state index contributed by atoms with van der Waals surface area (Å²) in [4.78, 5) is 26.3. The summed E-state index contributed by atoms with van der Waals surface area (Å²) in [5, 5.41) is 9.03. The van der Waals surface area contributed by atoms with Gasteiger partial charge in [-0.25, -0.2) is 0 Å². The molecule has 2 atom stereocenters. The molecule has 1 heterocycles. The quantitative estimate of drug-likeness (QED) is 0.555. The highest BCUT2D eigenvalue weighted by Gasteiger charge is 2.60. The number of hydrogen-bond acceptors (Lipinski definition) is 4. The average Bonchev–Trinajstić information content (AvgIpc) is 2.73. The minimum absolute atomic E-state index is 0.0549. The van der Waals surface area contributed by atoms with Crippen molar-refractivity contribution in [3.8, 4) is 6.07 Å². The first kappa shape index (κ1) is 17.6. The maximum atomic E-state index is 13.4. The van der Waals surface area contributed by atoms with Crippen molar-refractivity contribution in [3.63, 3.8) is 0 Å². The van der Waals surface area contributed by atoms with Gasteiger partial charge in [0, 0.05) is 5.70 Å². The van der Waals surface area contributed by atoms with Crippen molar-refractivity contribution in [2.24, 2.45) is 11.3 Å². The molecule has 0 aromatic heterocycles. The number of halogens is 3. The fraction of sp³-hybridized carbons (Fsp3) is 0.500. The van der Waals surface area contributed by atoms with E-state index in [9.17, 15) is 22.8 Å². The van der Waals surface area contributed by atoms with Crippen LogP contribution in [0.25, 0.3) is 0 Å². The summed E-state index contributed by atoms with van der Waals surface area (Å²) in [5.41, 5.74) is -2.90. The molecular weight excluding hydrogens is 355 g/mol. The molecule has 2 aliphatic carbocycles. The smallest absolute Gasteiger partial charge is 0.278 e. The van der Waals surface area contributed by atoms with Crippen LogP contribution in [0.1, 0.15) is 26.2 Å². The lowest BCUT2D eigenvalue weighted by Crippen LogP contribution is -2.54. The number of nitriles is 1. The number of hydrogen-bond donors (Lipinski definition) is 0. The molecule has 9 heteroatoms. The summed E-state index contributed by atoms with van der Waals surface area (Å²) >= 11 is 5.16. The number of allylic oxidation sites excluding steroid dienone is 3. The summed E-state index contributed by atoms with van der Waals surface area (Å²) in [7, 11) is 0. The number of thiocarbonyl (C=S) groups is 1. The molecule has 2 amide bonds. The monoisotopic (exact) mass is 369 g/mol. The lowest BCUT2D eigenvalue weighted by molar-refractivity contribution is -0.177. The minimum Gasteiger partial charge on any atom is -0.278 e. The predicted molar refractivity (Wildman–Crippen MR) is 84.4 cm³/mol. The van der Waals surface area contributed by atoms with E-state index in [4.69, 9.17) is 17.5 Å². The first-order valence-corrected chi connectivity index (χ1v) is 8.04. The van der Waals surface area contributed by atoms with E-state index in [-0.39, 0.29) is 10.8 Å². The molecular formula is C16H14F3N3O2S. The van der Waals surface area contributed by atoms with Crippen molar-refractivity contribution in [1.29, 1.82) is 5.26 Å². The molecule has 1 saturated carbocycles. The van der Waals surface area contributed by atoms with E-state index < -0.39 is 29.0 Å². The molecule has 0 aromatic rings. The van der Waals surface area contributed by atoms with Gasteiger partial charge in [-0.3, -0.25) is 19.4 Å². The van der Waals surface area contributed by atoms with Gasteiger partial charge in [-0.15, -0.1) is 0 Å². The molecule has 132 valence electrons. The van der Waals surface area contributed by atoms with Gasteiger partial charge in [-0.2, -0.15) is 18.4 Å². The fourth-order valence-corrected chi connectivity index (χ4v) is 3.89. The van der Waals surface area contributed by atoms with Crippen molar-refractivity contribution >= 4 is 29.6 Å². The highest BCUT2D eigenvalue weighted by molar-refractivity contribution is 7.80. The van der Waals surface area contributed by atoms with Crippen molar-refractivity contribution in [1.82, 2.24) is 9.80 Å². The van der Waals surface area contributed by atoms with Gasteiger partial charge in [0.05, 0.1) is 17.4 Å². The van der Waals surface area contributed by atoms with Crippen LogP contribution in [0.2, 0.25) is 0 Å². The molecule has 1 aliphatic heterocycles. The van der Waals surface area contributed by atoms with Crippen LogP contribution in [0.3, 0.4) is 0 Å². The summed E-state index contributed by atoms with van der Waals surface area (Å²) in [6.07, 6.45) is 0.640. The molecule has 3 aliphatic rings. The largest absolute Gasteiger partial charge is 0.397 e. The van der Waals surface area contributed by atoms with Gasteiger partial charge in [-0.1, -0.05) is 6.08 Å². The van der Waals surface area contributed by atoms with Gasteiger partial charge >= 0.3 is 6.18 Å². The molecule has 0 bridgehead atoms. The molecule has 2 fully saturated rings. The zero-order valence-electron chi connectivity index (χ0n) is 13.2. The van der Waals surface area contributed by atoms with Crippen molar-refractivity contribution in [3.05, 3.63) is 23.9 Å². The number of amides is 2. The van der Waals surface area contributed by atoms with Crippen LogP contribution in [-0.2, 0) is 9.59 Å². The van der Waals surface area contributed by atoms with Crippen LogP contribution in [0.5, 0.6) is 0 Å². The Morgan fingerprint density at radius 1 is 1.44 bits per heavy atom. The Morgan fingerprint density at radius 3 is 2.48 bits per heavy atom. The van der Waals surface area contributed by atoms with Gasteiger partial charge in [-0.05, 0) is 50.6 Å². The second-order valence-electron chi connectivity index (χ2n) is 6.62. The Hall–Kier alpha value is -2.21. The Balaban J connectivity index is 2.04. The lowest BCUT2D eigenvalue weighted by Gasteiger charge is -2.39. The van der Waals surface area contributed by atoms with E-state index >= 15 is 0 Å². The number of nitrogens with zero attached hydrogens (tertiary/aromatic N) is 3. The van der Waals surface area contributed by atoms with E-state index in [0.29, 0.717) is 19.3 Å². The molecule has 3 rings (SSSR count). The normalized spacial score (nSPS) is 31.0. The first-order chi connectivity index (χ1) is 11.6. The summed E-state index contributed by atoms with van der Waals surface area (Å²) in [5.74, 6) is -2.57. The lowest BCUT2D eigenvalue weighted by atomic mass is 9.74. The maximum absolute atomic E-state index is 13.4. The van der Waals surface area contributed by atoms with Crippen LogP contribution >= 0.6 is 12.2 Å². The Morgan fingerprint density at radius 2 is 2.08 bits per heavy atom. The molecule has 25 heavy (non-hydrogen) atoms. The second-order valence-corrected chi connectivity index (χ2v) is 6.99. The molecule has 0 aromatic carbocycles. The third-order valence-corrected chi connectivity index (χ3v) is 5.56. The molecule has 5 nitrogen and oxygen atoms in total. The number of alkyl halides is 3. The van der Waals surface area contributed by atoms with Gasteiger partial charge in [0.15, 0.2) is 5.11 Å². The molecule has 1 spiro atoms. The maximum Gasteiger partial charge on any atom is 0.397 e. The van der Waals surface area contributed by atoms with Gasteiger partial charge in [0.1, 0.15) is 5.54 Å². The predicted octanol–water partition coefficient (Wildman–Crippen LogP) is 2.66. The highest BCUT2D eigenvalue weighted by Crippen LogP contribution is 2.48. The summed E-state index contributed by atoms with van der Waals surface area (Å²) < 4.78 is 40.3. The SMILES string of the molecule is CC1(C#N)C=CC(N2C(=O)C3(CCC3)N(C=O)C2=S)=CC1C(F)(F)F. The zero-order valence-corrected chi connectivity index (χ0v) is 14.0. The first-order valence-electron chi connectivity index (χ1n) is 7.63. The highest BCUT2D eigenvalue weighted by atomic mass is 32.1. The van der Waals surface area contributed by atoms with E-state index in [1.54, 1.807) is 6.07 Å². The van der Waals surface area contributed by atoms with Crippen LogP contribution < -0.4 is 0 Å². The standard InChI is InChI=1S/C16H14F3N3O2S/c1-14(8-20)6-3-10(7-11(14)16(17,18)19)22-12(24)15(4-2-5-15)21(9-23)13(22)25/h3,6-7,9,11H,2,4-5H2,1H3. The Kier molecular flexibility index (Phi) is 3.80. The average molecular weight is 369 g/mol. The molecule has 0 N–H and O–H groups in total. The molecule has 2 unspecified atom stereocenters. The number of rotatable bonds is 2. The van der Waals surface area contributed by atoms with E-state index in [1.165, 1.54) is 13.0 Å². The topological polar surface area (TPSA) is 64.4 Å². The van der Waals surface area contributed by atoms with Crippen molar-refractivity contribution in [2.75, 3.05) is 0 Å². The molecule has 1 saturated heterocycles. The van der Waals surface area contributed by atoms with E-state index in [1.807, 2.05) is 0 Å². The van der Waals surface area contributed by atoms with Gasteiger partial charge in [0.25, 0.3) is 5.91 Å². The van der Waals surface area contributed by atoms with Crippen LogP contribution in [0.15, 0.2) is 23.9 Å². The fourth-order valence-electron chi connectivity index (χ4n) is 3.48. The minimum atomic E-state index is -4.66. The third kappa shape index (κ3) is 2.31. The van der Waals surface area contributed by atoms with Crippen LogP contribution in [-0.4, -0.2) is 38.9 Å². The Bertz CT molecular complexity index is 764. The number of carbonyl (C=O) groups is 2. The second kappa shape index (κ2) is 5.39.